The smallest absolute Gasteiger partial charge is 0.306 e. The van der Waals surface area contributed by atoms with Crippen molar-refractivity contribution in [2.24, 2.45) is 0 Å². The minimum Gasteiger partial charge on any atom is -0.456 e. The van der Waals surface area contributed by atoms with Crippen molar-refractivity contribution in [2.45, 2.75) is 33.6 Å². The predicted octanol–water partition coefficient (Wildman–Crippen LogP) is 3.60. The number of anilines is 1. The molecule has 0 aliphatic rings. The molecule has 2 aromatic carbocycles. The number of nitrogens with zero attached hydrogens (tertiary/aromatic N) is 1. The highest BCUT2D eigenvalue weighted by Gasteiger charge is 2.11. The molecule has 5 heteroatoms. The molecule has 0 spiro atoms. The third-order valence-electron chi connectivity index (χ3n) is 4.01. The third kappa shape index (κ3) is 5.45. The molecule has 134 valence electrons. The quantitative estimate of drug-likeness (QED) is 0.807. The molecule has 0 fully saturated rings. The van der Waals surface area contributed by atoms with Crippen LogP contribution in [0.5, 0.6) is 0 Å². The Kier molecular flexibility index (Phi) is 6.51. The van der Waals surface area contributed by atoms with Crippen LogP contribution in [0.2, 0.25) is 0 Å². The minimum absolute atomic E-state index is 0.182. The fourth-order valence-corrected chi connectivity index (χ4v) is 2.76. The van der Waals surface area contributed by atoms with Gasteiger partial charge in [-0.3, -0.25) is 9.59 Å². The summed E-state index contributed by atoms with van der Waals surface area (Å²) in [7, 11) is 0. The second-order valence-corrected chi connectivity index (χ2v) is 6.29. The number of ether oxygens (including phenoxy) is 1. The first-order valence-electron chi connectivity index (χ1n) is 8.41. The Morgan fingerprint density at radius 3 is 2.27 bits per heavy atom. The van der Waals surface area contributed by atoms with E-state index in [9.17, 15) is 9.59 Å². The van der Waals surface area contributed by atoms with E-state index in [0.29, 0.717) is 12.0 Å². The SMILES string of the molecule is Cc1cc(C)c(NC(=O)COC(=O)CCc2ccc(C#N)cc2)c(C)c1. The first-order valence-corrected chi connectivity index (χ1v) is 8.41. The van der Waals surface area contributed by atoms with E-state index in [1.54, 1.807) is 12.1 Å². The molecule has 0 unspecified atom stereocenters. The van der Waals surface area contributed by atoms with Crippen molar-refractivity contribution in [1.82, 2.24) is 0 Å². The molecule has 26 heavy (non-hydrogen) atoms. The number of hydrogen-bond acceptors (Lipinski definition) is 4. The van der Waals surface area contributed by atoms with Crippen LogP contribution >= 0.6 is 0 Å². The predicted molar refractivity (Wildman–Crippen MR) is 99.7 cm³/mol. The summed E-state index contributed by atoms with van der Waals surface area (Å²) in [5.74, 6) is -0.784. The first-order chi connectivity index (χ1) is 12.4. The zero-order chi connectivity index (χ0) is 19.1. The molecule has 0 bridgehead atoms. The number of esters is 1. The van der Waals surface area contributed by atoms with Crippen LogP contribution in [-0.2, 0) is 20.7 Å². The fourth-order valence-electron chi connectivity index (χ4n) is 2.76. The van der Waals surface area contributed by atoms with Crippen LogP contribution in [0, 0.1) is 32.1 Å². The lowest BCUT2D eigenvalue weighted by atomic mass is 10.1. The molecular weight excluding hydrogens is 328 g/mol. The van der Waals surface area contributed by atoms with Gasteiger partial charge in [-0.15, -0.1) is 0 Å². The topological polar surface area (TPSA) is 79.2 Å². The number of hydrogen-bond donors (Lipinski definition) is 1. The zero-order valence-corrected chi connectivity index (χ0v) is 15.3. The van der Waals surface area contributed by atoms with Crippen LogP contribution in [0.1, 0.15) is 34.2 Å². The molecule has 2 aromatic rings. The van der Waals surface area contributed by atoms with Gasteiger partial charge in [-0.2, -0.15) is 5.26 Å². The number of amides is 1. The molecule has 0 aliphatic heterocycles. The number of benzene rings is 2. The number of aryl methyl sites for hydroxylation is 4. The summed E-state index contributed by atoms with van der Waals surface area (Å²) in [6, 6.07) is 13.1. The van der Waals surface area contributed by atoms with Gasteiger partial charge in [-0.25, -0.2) is 0 Å². The fraction of sp³-hybridized carbons (Fsp3) is 0.286. The highest BCUT2D eigenvalue weighted by atomic mass is 16.5. The lowest BCUT2D eigenvalue weighted by Crippen LogP contribution is -2.22. The van der Waals surface area contributed by atoms with E-state index in [1.165, 1.54) is 0 Å². The van der Waals surface area contributed by atoms with Crippen LogP contribution in [0.3, 0.4) is 0 Å². The van der Waals surface area contributed by atoms with E-state index >= 15 is 0 Å². The number of carbonyl (C=O) groups excluding carboxylic acids is 2. The van der Waals surface area contributed by atoms with Gasteiger partial charge in [0.1, 0.15) is 0 Å². The maximum atomic E-state index is 12.0. The highest BCUT2D eigenvalue weighted by molar-refractivity contribution is 5.94. The van der Waals surface area contributed by atoms with Crippen molar-refractivity contribution in [2.75, 3.05) is 11.9 Å². The summed E-state index contributed by atoms with van der Waals surface area (Å²) >= 11 is 0. The lowest BCUT2D eigenvalue weighted by Gasteiger charge is -2.13. The van der Waals surface area contributed by atoms with E-state index in [1.807, 2.05) is 51.1 Å². The van der Waals surface area contributed by atoms with E-state index in [4.69, 9.17) is 10.00 Å². The molecule has 5 nitrogen and oxygen atoms in total. The Morgan fingerprint density at radius 1 is 1.08 bits per heavy atom. The normalized spacial score (nSPS) is 10.1. The van der Waals surface area contributed by atoms with Gasteiger partial charge in [0.05, 0.1) is 11.6 Å². The molecule has 0 aromatic heterocycles. The van der Waals surface area contributed by atoms with Crippen molar-refractivity contribution >= 4 is 17.6 Å². The highest BCUT2D eigenvalue weighted by Crippen LogP contribution is 2.21. The molecule has 1 N–H and O–H groups in total. The monoisotopic (exact) mass is 350 g/mol. The first kappa shape index (κ1) is 19.2. The second-order valence-electron chi connectivity index (χ2n) is 6.29. The Labute approximate surface area is 153 Å². The van der Waals surface area contributed by atoms with Gasteiger partial charge in [-0.1, -0.05) is 29.8 Å². The number of rotatable bonds is 6. The van der Waals surface area contributed by atoms with Gasteiger partial charge < -0.3 is 10.1 Å². The van der Waals surface area contributed by atoms with Crippen LogP contribution in [-0.4, -0.2) is 18.5 Å². The summed E-state index contributed by atoms with van der Waals surface area (Å²) in [4.78, 5) is 23.9. The van der Waals surface area contributed by atoms with Crippen LogP contribution in [0.15, 0.2) is 36.4 Å². The van der Waals surface area contributed by atoms with Crippen LogP contribution in [0.25, 0.3) is 0 Å². The van der Waals surface area contributed by atoms with Crippen LogP contribution in [0.4, 0.5) is 5.69 Å². The minimum atomic E-state index is -0.429. The van der Waals surface area contributed by atoms with Gasteiger partial charge in [0.2, 0.25) is 0 Å². The Bertz CT molecular complexity index is 826. The van der Waals surface area contributed by atoms with Crippen LogP contribution < -0.4 is 5.32 Å². The van der Waals surface area contributed by atoms with Crippen molar-refractivity contribution < 1.29 is 14.3 Å². The number of nitrogens with one attached hydrogen (secondary N) is 1. The standard InChI is InChI=1S/C21H22N2O3/c1-14-10-15(2)21(16(3)11-14)23-19(24)13-26-20(25)9-8-17-4-6-18(12-22)7-5-17/h4-7,10-11H,8-9,13H2,1-3H3,(H,23,24). The largest absolute Gasteiger partial charge is 0.456 e. The van der Waals surface area contributed by atoms with Crippen molar-refractivity contribution in [1.29, 1.82) is 5.26 Å². The molecule has 0 atom stereocenters. The van der Waals surface area contributed by atoms with E-state index in [-0.39, 0.29) is 18.9 Å². The van der Waals surface area contributed by atoms with Crippen molar-refractivity contribution in [3.8, 4) is 6.07 Å². The summed E-state index contributed by atoms with van der Waals surface area (Å²) < 4.78 is 5.04. The Hall–Kier alpha value is -3.13. The Morgan fingerprint density at radius 2 is 1.69 bits per heavy atom. The molecule has 0 aliphatic carbocycles. The maximum absolute atomic E-state index is 12.0. The molecule has 2 rings (SSSR count). The van der Waals surface area contributed by atoms with Gasteiger partial charge in [-0.05, 0) is 56.0 Å². The average molecular weight is 350 g/mol. The van der Waals surface area contributed by atoms with Gasteiger partial charge in [0.25, 0.3) is 5.91 Å². The maximum Gasteiger partial charge on any atom is 0.306 e. The summed E-state index contributed by atoms with van der Waals surface area (Å²) in [5.41, 5.74) is 5.36. The van der Waals surface area contributed by atoms with Gasteiger partial charge in [0.15, 0.2) is 6.61 Å². The molecule has 0 saturated carbocycles. The lowest BCUT2D eigenvalue weighted by molar-refractivity contribution is -0.147. The number of nitriles is 1. The van der Waals surface area contributed by atoms with Gasteiger partial charge >= 0.3 is 5.97 Å². The summed E-state index contributed by atoms with van der Waals surface area (Å²) in [5, 5.41) is 11.6. The molecule has 1 amide bonds. The number of carbonyl (C=O) groups is 2. The summed E-state index contributed by atoms with van der Waals surface area (Å²) in [6.07, 6.45) is 0.685. The average Bonchev–Trinajstić information content (AvgIpc) is 2.61. The third-order valence-corrected chi connectivity index (χ3v) is 4.01. The molecule has 0 radical (unpaired) electrons. The molecule has 0 saturated heterocycles. The van der Waals surface area contributed by atoms with Gasteiger partial charge in [0, 0.05) is 12.1 Å². The molecule has 0 heterocycles. The van der Waals surface area contributed by atoms with Crippen molar-refractivity contribution in [3.05, 3.63) is 64.2 Å². The summed E-state index contributed by atoms with van der Waals surface area (Å²) in [6.45, 7) is 5.55. The second kappa shape index (κ2) is 8.82. The molecular formula is C21H22N2O3. The van der Waals surface area contributed by atoms with E-state index in [0.717, 1.165) is 27.9 Å². The zero-order valence-electron chi connectivity index (χ0n) is 15.3. The van der Waals surface area contributed by atoms with Crippen molar-refractivity contribution in [3.63, 3.8) is 0 Å². The van der Waals surface area contributed by atoms with E-state index in [2.05, 4.69) is 5.32 Å². The Balaban J connectivity index is 1.80. The van der Waals surface area contributed by atoms with E-state index < -0.39 is 5.97 Å².